The molecule has 4 nitrogen and oxygen atoms in total. The molecule has 36 heavy (non-hydrogen) atoms. The van der Waals surface area contributed by atoms with Gasteiger partial charge in [0, 0.05) is 18.9 Å². The Hall–Kier alpha value is -4.06. The quantitative estimate of drug-likeness (QED) is 0.214. The molecule has 2 heterocycles. The zero-order chi connectivity index (χ0) is 25.1. The lowest BCUT2D eigenvalue weighted by atomic mass is 9.99. The Labute approximate surface area is 209 Å². The number of imidazole rings is 1. The summed E-state index contributed by atoms with van der Waals surface area (Å²) in [5.74, 6) is -0.755. The first-order valence-electron chi connectivity index (χ1n) is 12.1. The van der Waals surface area contributed by atoms with Gasteiger partial charge in [0.25, 0.3) is 0 Å². The van der Waals surface area contributed by atoms with Gasteiger partial charge in [-0.15, -0.1) is 0 Å². The zero-order valence-corrected chi connectivity index (χ0v) is 20.3. The highest BCUT2D eigenvalue weighted by Gasteiger charge is 2.17. The molecule has 3 aromatic carbocycles. The third-order valence-corrected chi connectivity index (χ3v) is 6.21. The first-order valence-corrected chi connectivity index (χ1v) is 12.1. The summed E-state index contributed by atoms with van der Waals surface area (Å²) in [6.07, 6.45) is 5.96. The minimum atomic E-state index is -0.935. The van der Waals surface area contributed by atoms with Crippen molar-refractivity contribution in [3.05, 3.63) is 102 Å². The molecule has 2 aliphatic rings. The topological polar surface area (TPSA) is 39.9 Å². The Bertz CT molecular complexity index is 1460. The van der Waals surface area contributed by atoms with E-state index in [4.69, 9.17) is 4.74 Å². The van der Waals surface area contributed by atoms with Gasteiger partial charge in [-0.1, -0.05) is 49.7 Å². The van der Waals surface area contributed by atoms with Gasteiger partial charge in [0.05, 0.1) is 17.9 Å². The van der Waals surface area contributed by atoms with E-state index >= 15 is 0 Å². The number of benzene rings is 3. The molecule has 0 bridgehead atoms. The second kappa shape index (κ2) is 10.3. The summed E-state index contributed by atoms with van der Waals surface area (Å²) in [4.78, 5) is 8.81. The van der Waals surface area contributed by atoms with Crippen LogP contribution in [0.3, 0.4) is 0 Å². The van der Waals surface area contributed by atoms with Crippen LogP contribution < -0.4 is 4.74 Å². The molecule has 0 fully saturated rings. The van der Waals surface area contributed by atoms with E-state index in [0.29, 0.717) is 17.9 Å². The molecule has 0 aromatic heterocycles. The van der Waals surface area contributed by atoms with E-state index in [9.17, 15) is 8.78 Å². The fourth-order valence-corrected chi connectivity index (χ4v) is 4.23. The Balaban J connectivity index is 1.32. The number of rotatable bonds is 8. The van der Waals surface area contributed by atoms with Crippen LogP contribution in [0.5, 0.6) is 5.75 Å². The molecular formula is C30H27F2N3O. The lowest BCUT2D eigenvalue weighted by molar-refractivity contribution is 0.309. The van der Waals surface area contributed by atoms with Crippen molar-refractivity contribution >= 4 is 0 Å². The van der Waals surface area contributed by atoms with Crippen LogP contribution in [0, 0.1) is 18.6 Å². The van der Waals surface area contributed by atoms with Crippen LogP contribution in [0.1, 0.15) is 30.9 Å². The molecular weight excluding hydrogens is 456 g/mol. The molecule has 0 spiro atoms. The van der Waals surface area contributed by atoms with Crippen LogP contribution in [0.2, 0.25) is 0 Å². The highest BCUT2D eigenvalue weighted by molar-refractivity contribution is 5.68. The number of hydrogen-bond acceptors (Lipinski definition) is 3. The van der Waals surface area contributed by atoms with E-state index in [1.807, 2.05) is 29.1 Å². The van der Waals surface area contributed by atoms with E-state index in [-0.39, 0.29) is 11.4 Å². The van der Waals surface area contributed by atoms with Gasteiger partial charge in [-0.05, 0) is 65.9 Å². The molecule has 6 heteroatoms. The van der Waals surface area contributed by atoms with Gasteiger partial charge in [0.15, 0.2) is 17.5 Å². The van der Waals surface area contributed by atoms with Crippen LogP contribution in [0.15, 0.2) is 79.1 Å². The number of halogens is 2. The summed E-state index contributed by atoms with van der Waals surface area (Å²) < 4.78 is 35.6. The van der Waals surface area contributed by atoms with Crippen LogP contribution in [-0.2, 0) is 6.54 Å². The molecule has 2 aliphatic heterocycles. The summed E-state index contributed by atoms with van der Waals surface area (Å²) in [5, 5.41) is 0. The van der Waals surface area contributed by atoms with Gasteiger partial charge in [-0.2, -0.15) is 0 Å². The first-order chi connectivity index (χ1) is 17.5. The van der Waals surface area contributed by atoms with Crippen LogP contribution >= 0.6 is 0 Å². The van der Waals surface area contributed by atoms with E-state index in [0.717, 1.165) is 42.4 Å². The van der Waals surface area contributed by atoms with Crippen LogP contribution in [0.4, 0.5) is 8.78 Å². The maximum atomic E-state index is 14.2. The molecule has 182 valence electrons. The molecule has 0 radical (unpaired) electrons. The highest BCUT2D eigenvalue weighted by Crippen LogP contribution is 2.29. The van der Waals surface area contributed by atoms with Gasteiger partial charge < -0.3 is 9.30 Å². The Morgan fingerprint density at radius 2 is 1.69 bits per heavy atom. The zero-order valence-electron chi connectivity index (χ0n) is 20.3. The predicted octanol–water partition coefficient (Wildman–Crippen LogP) is 7.53. The number of aryl methyl sites for hydroxylation is 1. The summed E-state index contributed by atoms with van der Waals surface area (Å²) in [6.45, 7) is 5.65. The third kappa shape index (κ3) is 4.98. The lowest BCUT2D eigenvalue weighted by Crippen LogP contribution is -2.01. The van der Waals surface area contributed by atoms with Gasteiger partial charge in [0.1, 0.15) is 11.4 Å². The average Bonchev–Trinajstić information content (AvgIpc) is 3.30. The molecule has 0 aliphatic carbocycles. The van der Waals surface area contributed by atoms with Crippen LogP contribution in [0.25, 0.3) is 33.9 Å². The second-order valence-electron chi connectivity index (χ2n) is 8.91. The van der Waals surface area contributed by atoms with Crippen LogP contribution in [-0.4, -0.2) is 21.1 Å². The number of aromatic nitrogens is 3. The van der Waals surface area contributed by atoms with E-state index in [2.05, 4.69) is 60.2 Å². The maximum Gasteiger partial charge on any atom is 0.169 e. The number of hydrogen-bond donors (Lipinski definition) is 0. The van der Waals surface area contributed by atoms with Crippen molar-refractivity contribution in [2.24, 2.45) is 0 Å². The number of fused-ring (bicyclic) bond motifs is 1. The predicted molar refractivity (Wildman–Crippen MR) is 138 cm³/mol. The fourth-order valence-electron chi connectivity index (χ4n) is 4.23. The fraction of sp³-hybridized carbons (Fsp3) is 0.200. The van der Waals surface area contributed by atoms with Crippen molar-refractivity contribution in [1.29, 1.82) is 0 Å². The number of nitrogens with zero attached hydrogens (tertiary/aromatic N) is 3. The van der Waals surface area contributed by atoms with Crippen molar-refractivity contribution in [3.63, 3.8) is 0 Å². The summed E-state index contributed by atoms with van der Waals surface area (Å²) in [5.41, 5.74) is 5.97. The van der Waals surface area contributed by atoms with E-state index in [1.54, 1.807) is 0 Å². The largest absolute Gasteiger partial charge is 0.494 e. The number of pyridine rings is 1. The first kappa shape index (κ1) is 23.7. The number of ether oxygens (including phenoxy) is 1. The molecule has 0 N–H and O–H groups in total. The normalized spacial score (nSPS) is 11.2. The SMILES string of the molecule is CCCCOc1ccc(-c2ccc(Cn3ccc4nc(-c5cccc(F)c5F)nc-4c3)cc2)c(C)c1. The van der Waals surface area contributed by atoms with Gasteiger partial charge in [0.2, 0.25) is 0 Å². The molecule has 0 atom stereocenters. The van der Waals surface area contributed by atoms with Crippen molar-refractivity contribution in [2.45, 2.75) is 33.2 Å². The lowest BCUT2D eigenvalue weighted by Gasteiger charge is -2.12. The monoisotopic (exact) mass is 483 g/mol. The smallest absolute Gasteiger partial charge is 0.169 e. The molecule has 0 amide bonds. The molecule has 0 unspecified atom stereocenters. The summed E-state index contributed by atoms with van der Waals surface area (Å²) in [6, 6.07) is 20.6. The minimum Gasteiger partial charge on any atom is -0.494 e. The van der Waals surface area contributed by atoms with Crippen molar-refractivity contribution in [3.8, 4) is 39.7 Å². The summed E-state index contributed by atoms with van der Waals surface area (Å²) >= 11 is 0. The van der Waals surface area contributed by atoms with E-state index in [1.165, 1.54) is 23.3 Å². The number of unbranched alkanes of at least 4 members (excludes halogenated alkanes) is 1. The van der Waals surface area contributed by atoms with E-state index < -0.39 is 11.6 Å². The molecule has 5 rings (SSSR count). The Kier molecular flexibility index (Phi) is 6.76. The van der Waals surface area contributed by atoms with Gasteiger partial charge in [-0.25, -0.2) is 18.7 Å². The van der Waals surface area contributed by atoms with Crippen molar-refractivity contribution in [1.82, 2.24) is 14.5 Å². The highest BCUT2D eigenvalue weighted by atomic mass is 19.2. The summed E-state index contributed by atoms with van der Waals surface area (Å²) in [7, 11) is 0. The van der Waals surface area contributed by atoms with Crippen molar-refractivity contribution < 1.29 is 13.5 Å². The minimum absolute atomic E-state index is 0.0594. The Morgan fingerprint density at radius 1 is 0.889 bits per heavy atom. The maximum absolute atomic E-state index is 14.2. The van der Waals surface area contributed by atoms with Crippen molar-refractivity contribution in [2.75, 3.05) is 6.61 Å². The molecule has 3 aromatic rings. The standard InChI is InChI=1S/C30H27F2N3O/c1-3-4-16-36-23-12-13-24(20(2)17-23)22-10-8-21(9-11-22)18-35-15-14-27-28(19-35)34-30(33-27)25-6-5-7-26(31)29(25)32/h5-15,17,19H,3-4,16,18H2,1-2H3. The van der Waals surface area contributed by atoms with Gasteiger partial charge >= 0.3 is 0 Å². The second-order valence-corrected chi connectivity index (χ2v) is 8.91. The Morgan fingerprint density at radius 3 is 2.47 bits per heavy atom. The average molecular weight is 484 g/mol. The third-order valence-electron chi connectivity index (χ3n) is 6.21. The van der Waals surface area contributed by atoms with Gasteiger partial charge in [-0.3, -0.25) is 0 Å². The molecule has 0 saturated carbocycles. The molecule has 0 saturated heterocycles.